The molecule has 0 aromatic carbocycles. The van der Waals surface area contributed by atoms with Gasteiger partial charge in [0.25, 0.3) is 5.56 Å². The minimum atomic E-state index is -0.0376. The molecule has 0 aliphatic carbocycles. The number of hydrogen-bond donors (Lipinski definition) is 1. The quantitative estimate of drug-likeness (QED) is 0.758. The molecule has 0 aliphatic heterocycles. The fourth-order valence-electron chi connectivity index (χ4n) is 1.21. The molecule has 1 N–H and O–H groups in total. The first-order valence-electron chi connectivity index (χ1n) is 5.16. The lowest BCUT2D eigenvalue weighted by atomic mass is 10.5. The Hall–Kier alpha value is -0.720. The molecule has 0 atom stereocenters. The second kappa shape index (κ2) is 6.78. The zero-order valence-corrected chi connectivity index (χ0v) is 11.2. The predicted molar refractivity (Wildman–Crippen MR) is 67.6 cm³/mol. The smallest absolute Gasteiger partial charge is 0.267 e. The molecule has 1 aromatic rings. The number of nitrogens with zero attached hydrogens (tertiary/aromatic N) is 3. The van der Waals surface area contributed by atoms with E-state index >= 15 is 0 Å². The molecule has 0 fully saturated rings. The topological polar surface area (TPSA) is 50.2 Å². The van der Waals surface area contributed by atoms with E-state index in [4.69, 9.17) is 0 Å². The number of aromatic nitrogens is 2. The summed E-state index contributed by atoms with van der Waals surface area (Å²) >= 11 is 3.16. The van der Waals surface area contributed by atoms with Gasteiger partial charge in [-0.2, -0.15) is 0 Å². The number of halogens is 1. The van der Waals surface area contributed by atoms with Gasteiger partial charge in [-0.3, -0.25) is 9.36 Å². The van der Waals surface area contributed by atoms with Gasteiger partial charge in [0, 0.05) is 32.4 Å². The molecule has 0 saturated carbocycles. The maximum Gasteiger partial charge on any atom is 0.267 e. The predicted octanol–water partition coefficient (Wildman–Crippen LogP) is 0.157. The van der Waals surface area contributed by atoms with Crippen molar-refractivity contribution in [3.05, 3.63) is 27.4 Å². The van der Waals surface area contributed by atoms with Gasteiger partial charge in [0.05, 0.1) is 6.33 Å². The van der Waals surface area contributed by atoms with E-state index in [-0.39, 0.29) is 5.56 Å². The lowest BCUT2D eigenvalue weighted by molar-refractivity contribution is 0.397. The van der Waals surface area contributed by atoms with E-state index in [1.54, 1.807) is 10.9 Å². The third-order valence-electron chi connectivity index (χ3n) is 2.12. The van der Waals surface area contributed by atoms with Crippen molar-refractivity contribution in [2.45, 2.75) is 6.54 Å². The van der Waals surface area contributed by atoms with Crippen LogP contribution in [0.5, 0.6) is 0 Å². The standard InChI is InChI=1S/C10H17BrN4O/c1-14(2)5-3-12-4-6-15-8-13-7-9(11)10(15)16/h7-8,12H,3-6H2,1-2H3. The average molecular weight is 289 g/mol. The number of hydrogen-bond acceptors (Lipinski definition) is 4. The van der Waals surface area contributed by atoms with E-state index in [0.29, 0.717) is 11.0 Å². The van der Waals surface area contributed by atoms with Gasteiger partial charge in [-0.05, 0) is 30.0 Å². The van der Waals surface area contributed by atoms with Crippen LogP contribution in [-0.2, 0) is 6.54 Å². The Bertz CT molecular complexity index is 377. The van der Waals surface area contributed by atoms with Crippen molar-refractivity contribution < 1.29 is 0 Å². The Labute approximate surface area is 104 Å². The molecule has 0 bridgehead atoms. The molecule has 5 nitrogen and oxygen atoms in total. The molecule has 1 heterocycles. The number of likely N-dealkylation sites (N-methyl/N-ethyl adjacent to an activating group) is 1. The molecule has 1 rings (SSSR count). The van der Waals surface area contributed by atoms with Gasteiger partial charge in [-0.15, -0.1) is 0 Å². The van der Waals surface area contributed by atoms with E-state index in [9.17, 15) is 4.79 Å². The van der Waals surface area contributed by atoms with Crippen molar-refractivity contribution in [1.82, 2.24) is 19.8 Å². The Morgan fingerprint density at radius 1 is 1.50 bits per heavy atom. The highest BCUT2D eigenvalue weighted by molar-refractivity contribution is 9.10. The van der Waals surface area contributed by atoms with Gasteiger partial charge in [0.1, 0.15) is 4.47 Å². The highest BCUT2D eigenvalue weighted by Gasteiger charge is 1.99. The third-order valence-corrected chi connectivity index (χ3v) is 2.67. The van der Waals surface area contributed by atoms with Crippen molar-refractivity contribution in [3.63, 3.8) is 0 Å². The average Bonchev–Trinajstić information content (AvgIpc) is 2.23. The second-order valence-corrected chi connectivity index (χ2v) is 4.65. The largest absolute Gasteiger partial charge is 0.314 e. The van der Waals surface area contributed by atoms with Gasteiger partial charge in [0.15, 0.2) is 0 Å². The summed E-state index contributed by atoms with van der Waals surface area (Å²) in [4.78, 5) is 17.6. The van der Waals surface area contributed by atoms with E-state index in [0.717, 1.165) is 19.6 Å². The van der Waals surface area contributed by atoms with E-state index in [1.165, 1.54) is 6.20 Å². The molecule has 1 aromatic heterocycles. The summed E-state index contributed by atoms with van der Waals surface area (Å²) in [6.45, 7) is 3.32. The summed E-state index contributed by atoms with van der Waals surface area (Å²) in [5.74, 6) is 0. The highest BCUT2D eigenvalue weighted by atomic mass is 79.9. The van der Waals surface area contributed by atoms with Crippen LogP contribution in [0.15, 0.2) is 21.8 Å². The summed E-state index contributed by atoms with van der Waals surface area (Å²) in [6, 6.07) is 0. The first-order valence-corrected chi connectivity index (χ1v) is 5.96. The first kappa shape index (κ1) is 13.3. The maximum atomic E-state index is 11.6. The molecular weight excluding hydrogens is 272 g/mol. The van der Waals surface area contributed by atoms with Crippen molar-refractivity contribution in [3.8, 4) is 0 Å². The summed E-state index contributed by atoms with van der Waals surface area (Å²) in [7, 11) is 4.06. The van der Waals surface area contributed by atoms with E-state index in [1.807, 2.05) is 14.1 Å². The summed E-state index contributed by atoms with van der Waals surface area (Å²) in [5.41, 5.74) is -0.0376. The summed E-state index contributed by atoms with van der Waals surface area (Å²) in [5, 5.41) is 3.27. The summed E-state index contributed by atoms with van der Waals surface area (Å²) in [6.07, 6.45) is 3.07. The Balaban J connectivity index is 2.32. The molecule has 0 spiro atoms. The van der Waals surface area contributed by atoms with Gasteiger partial charge in [0.2, 0.25) is 0 Å². The van der Waals surface area contributed by atoms with Gasteiger partial charge in [-0.25, -0.2) is 4.98 Å². The fourth-order valence-corrected chi connectivity index (χ4v) is 1.56. The number of nitrogens with one attached hydrogen (secondary N) is 1. The van der Waals surface area contributed by atoms with E-state index < -0.39 is 0 Å². The SMILES string of the molecule is CN(C)CCNCCn1cncc(Br)c1=O. The zero-order chi connectivity index (χ0) is 12.0. The molecule has 0 aliphatic rings. The normalized spacial score (nSPS) is 11.0. The highest BCUT2D eigenvalue weighted by Crippen LogP contribution is 1.97. The van der Waals surface area contributed by atoms with Crippen LogP contribution in [0.1, 0.15) is 0 Å². The molecular formula is C10H17BrN4O. The Kier molecular flexibility index (Phi) is 5.65. The zero-order valence-electron chi connectivity index (χ0n) is 9.61. The van der Waals surface area contributed by atoms with Crippen LogP contribution in [0.25, 0.3) is 0 Å². The monoisotopic (exact) mass is 288 g/mol. The maximum absolute atomic E-state index is 11.6. The first-order chi connectivity index (χ1) is 7.61. The summed E-state index contributed by atoms with van der Waals surface area (Å²) < 4.78 is 2.09. The van der Waals surface area contributed by atoms with Crippen molar-refractivity contribution in [2.75, 3.05) is 33.7 Å². The molecule has 0 unspecified atom stereocenters. The van der Waals surface area contributed by atoms with Crippen LogP contribution in [-0.4, -0.2) is 48.2 Å². The third kappa shape index (κ3) is 4.42. The lowest BCUT2D eigenvalue weighted by Gasteiger charge is -2.10. The van der Waals surface area contributed by atoms with E-state index in [2.05, 4.69) is 31.1 Å². The van der Waals surface area contributed by atoms with Crippen LogP contribution in [0.3, 0.4) is 0 Å². The van der Waals surface area contributed by atoms with Crippen LogP contribution in [0, 0.1) is 0 Å². The number of rotatable bonds is 6. The molecule has 0 radical (unpaired) electrons. The minimum absolute atomic E-state index is 0.0376. The Morgan fingerprint density at radius 3 is 2.94 bits per heavy atom. The molecule has 16 heavy (non-hydrogen) atoms. The molecule has 0 saturated heterocycles. The minimum Gasteiger partial charge on any atom is -0.314 e. The second-order valence-electron chi connectivity index (χ2n) is 3.79. The Morgan fingerprint density at radius 2 is 2.25 bits per heavy atom. The van der Waals surface area contributed by atoms with Gasteiger partial charge >= 0.3 is 0 Å². The van der Waals surface area contributed by atoms with Gasteiger partial charge < -0.3 is 10.2 Å². The fraction of sp³-hybridized carbons (Fsp3) is 0.600. The van der Waals surface area contributed by atoms with Crippen LogP contribution < -0.4 is 10.9 Å². The van der Waals surface area contributed by atoms with Crippen molar-refractivity contribution >= 4 is 15.9 Å². The molecule has 6 heteroatoms. The molecule has 0 amide bonds. The van der Waals surface area contributed by atoms with Crippen LogP contribution in [0.4, 0.5) is 0 Å². The van der Waals surface area contributed by atoms with Crippen molar-refractivity contribution in [1.29, 1.82) is 0 Å². The van der Waals surface area contributed by atoms with Crippen molar-refractivity contribution in [2.24, 2.45) is 0 Å². The van der Waals surface area contributed by atoms with Gasteiger partial charge in [-0.1, -0.05) is 0 Å². The lowest BCUT2D eigenvalue weighted by Crippen LogP contribution is -2.31. The van der Waals surface area contributed by atoms with Crippen LogP contribution >= 0.6 is 15.9 Å². The molecule has 90 valence electrons. The van der Waals surface area contributed by atoms with Crippen LogP contribution in [0.2, 0.25) is 0 Å².